The Balaban J connectivity index is 2.08. The van der Waals surface area contributed by atoms with Crippen LogP contribution in [0.2, 0.25) is 0 Å². The van der Waals surface area contributed by atoms with Crippen LogP contribution in [0.25, 0.3) is 0 Å². The molecule has 1 fully saturated rings. The van der Waals surface area contributed by atoms with Crippen molar-refractivity contribution >= 4 is 0 Å². The van der Waals surface area contributed by atoms with E-state index >= 15 is 0 Å². The summed E-state index contributed by atoms with van der Waals surface area (Å²) in [5.74, 6) is 2.36. The van der Waals surface area contributed by atoms with Crippen LogP contribution in [0.4, 0.5) is 4.39 Å². The van der Waals surface area contributed by atoms with E-state index in [0.29, 0.717) is 17.8 Å². The molecule has 1 saturated carbocycles. The first-order chi connectivity index (χ1) is 10.1. The Bertz CT molecular complexity index is 429. The molecule has 1 N–H and O–H groups in total. The maximum absolute atomic E-state index is 14.2. The minimum atomic E-state index is -0.0203. The Morgan fingerprint density at radius 1 is 1.24 bits per heavy atom. The summed E-state index contributed by atoms with van der Waals surface area (Å²) < 4.78 is 14.2. The predicted molar refractivity (Wildman–Crippen MR) is 88.0 cm³/mol. The summed E-state index contributed by atoms with van der Waals surface area (Å²) in [7, 11) is 0. The van der Waals surface area contributed by atoms with Crippen molar-refractivity contribution in [2.45, 2.75) is 52.4 Å². The number of hydrogen-bond acceptors (Lipinski definition) is 1. The van der Waals surface area contributed by atoms with Crippen LogP contribution in [0.1, 0.15) is 57.9 Å². The quantitative estimate of drug-likeness (QED) is 0.779. The minimum Gasteiger partial charge on any atom is -0.316 e. The van der Waals surface area contributed by atoms with E-state index < -0.39 is 0 Å². The molecule has 1 aliphatic rings. The van der Waals surface area contributed by atoms with Crippen molar-refractivity contribution in [3.8, 4) is 0 Å². The molecule has 3 atom stereocenters. The highest BCUT2D eigenvalue weighted by Gasteiger charge is 2.31. The summed E-state index contributed by atoms with van der Waals surface area (Å²) >= 11 is 0. The second-order valence-corrected chi connectivity index (χ2v) is 7.03. The highest BCUT2D eigenvalue weighted by Crippen LogP contribution is 2.42. The van der Waals surface area contributed by atoms with Gasteiger partial charge in [0.1, 0.15) is 5.82 Å². The van der Waals surface area contributed by atoms with Gasteiger partial charge in [-0.3, -0.25) is 0 Å². The van der Waals surface area contributed by atoms with Gasteiger partial charge in [0.25, 0.3) is 0 Å². The van der Waals surface area contributed by atoms with Crippen LogP contribution < -0.4 is 5.32 Å². The molecular weight excluding hydrogens is 261 g/mol. The standard InChI is InChI=1S/C19H30FN/c1-4-15-9-10-16(13-21-12-14(2)3)18(11-15)17-7-5-6-8-19(17)20/h5-8,14-16,18,21H,4,9-13H2,1-3H3. The fourth-order valence-corrected chi connectivity index (χ4v) is 3.65. The van der Waals surface area contributed by atoms with Crippen LogP contribution >= 0.6 is 0 Å². The van der Waals surface area contributed by atoms with E-state index in [4.69, 9.17) is 0 Å². The lowest BCUT2D eigenvalue weighted by Gasteiger charge is -2.37. The fourth-order valence-electron chi connectivity index (χ4n) is 3.65. The monoisotopic (exact) mass is 291 g/mol. The Morgan fingerprint density at radius 3 is 2.67 bits per heavy atom. The summed E-state index contributed by atoms with van der Waals surface area (Å²) in [6, 6.07) is 7.38. The van der Waals surface area contributed by atoms with E-state index in [1.807, 2.05) is 12.1 Å². The Labute approximate surface area is 129 Å². The number of benzene rings is 1. The molecule has 3 unspecified atom stereocenters. The van der Waals surface area contributed by atoms with Crippen LogP contribution in [0.3, 0.4) is 0 Å². The topological polar surface area (TPSA) is 12.0 Å². The van der Waals surface area contributed by atoms with E-state index in [2.05, 4.69) is 26.1 Å². The molecule has 1 aromatic carbocycles. The van der Waals surface area contributed by atoms with Gasteiger partial charge in [0.15, 0.2) is 0 Å². The molecule has 0 aromatic heterocycles. The van der Waals surface area contributed by atoms with Crippen LogP contribution in [-0.2, 0) is 0 Å². The SMILES string of the molecule is CCC1CCC(CNCC(C)C)C(c2ccccc2F)C1. The third-order valence-electron chi connectivity index (χ3n) is 4.94. The lowest BCUT2D eigenvalue weighted by Crippen LogP contribution is -2.33. The Hall–Kier alpha value is -0.890. The van der Waals surface area contributed by atoms with Gasteiger partial charge >= 0.3 is 0 Å². The van der Waals surface area contributed by atoms with Crippen molar-refractivity contribution in [2.24, 2.45) is 17.8 Å². The molecule has 2 rings (SSSR count). The average Bonchev–Trinajstić information content (AvgIpc) is 2.48. The molecule has 21 heavy (non-hydrogen) atoms. The van der Waals surface area contributed by atoms with Crippen LogP contribution in [-0.4, -0.2) is 13.1 Å². The third kappa shape index (κ3) is 4.54. The molecule has 0 saturated heterocycles. The molecule has 0 spiro atoms. The number of rotatable bonds is 6. The first-order valence-corrected chi connectivity index (χ1v) is 8.56. The summed E-state index contributed by atoms with van der Waals surface area (Å²) in [4.78, 5) is 0. The zero-order valence-corrected chi connectivity index (χ0v) is 13.7. The first kappa shape index (κ1) is 16.5. The largest absolute Gasteiger partial charge is 0.316 e. The van der Waals surface area contributed by atoms with Crippen molar-refractivity contribution in [3.63, 3.8) is 0 Å². The second kappa shape index (κ2) is 7.93. The summed E-state index contributed by atoms with van der Waals surface area (Å²) in [6.07, 6.45) is 4.89. The van der Waals surface area contributed by atoms with E-state index in [-0.39, 0.29) is 5.82 Å². The molecule has 0 aliphatic heterocycles. The molecule has 1 nitrogen and oxygen atoms in total. The molecular formula is C19H30FN. The molecule has 1 aliphatic carbocycles. The van der Waals surface area contributed by atoms with Crippen molar-refractivity contribution in [1.82, 2.24) is 5.32 Å². The smallest absolute Gasteiger partial charge is 0.126 e. The molecule has 0 amide bonds. The van der Waals surface area contributed by atoms with Gasteiger partial charge in [0.05, 0.1) is 0 Å². The number of halogens is 1. The van der Waals surface area contributed by atoms with E-state index in [9.17, 15) is 4.39 Å². The molecule has 2 heteroatoms. The predicted octanol–water partition coefficient (Wildman–Crippen LogP) is 4.98. The van der Waals surface area contributed by atoms with Gasteiger partial charge in [0, 0.05) is 0 Å². The summed E-state index contributed by atoms with van der Waals surface area (Å²) in [6.45, 7) is 8.80. The maximum atomic E-state index is 14.2. The summed E-state index contributed by atoms with van der Waals surface area (Å²) in [5, 5.41) is 3.58. The van der Waals surface area contributed by atoms with Gasteiger partial charge in [0.2, 0.25) is 0 Å². The third-order valence-corrected chi connectivity index (χ3v) is 4.94. The zero-order valence-electron chi connectivity index (χ0n) is 13.7. The van der Waals surface area contributed by atoms with Crippen LogP contribution in [0.15, 0.2) is 24.3 Å². The number of hydrogen-bond donors (Lipinski definition) is 1. The first-order valence-electron chi connectivity index (χ1n) is 8.56. The molecule has 118 valence electrons. The van der Waals surface area contributed by atoms with Crippen molar-refractivity contribution < 1.29 is 4.39 Å². The lowest BCUT2D eigenvalue weighted by molar-refractivity contribution is 0.221. The van der Waals surface area contributed by atoms with Crippen molar-refractivity contribution in [3.05, 3.63) is 35.6 Å². The normalized spacial score (nSPS) is 26.2. The molecule has 0 heterocycles. The average molecular weight is 291 g/mol. The number of nitrogens with one attached hydrogen (secondary N) is 1. The van der Waals surface area contributed by atoms with Crippen LogP contribution in [0, 0.1) is 23.6 Å². The Kier molecular flexibility index (Phi) is 6.22. The lowest BCUT2D eigenvalue weighted by atomic mass is 9.70. The zero-order chi connectivity index (χ0) is 15.2. The van der Waals surface area contributed by atoms with Gasteiger partial charge in [-0.15, -0.1) is 0 Å². The van der Waals surface area contributed by atoms with E-state index in [1.54, 1.807) is 12.1 Å². The maximum Gasteiger partial charge on any atom is 0.126 e. The Morgan fingerprint density at radius 2 is 2.00 bits per heavy atom. The van der Waals surface area contributed by atoms with E-state index in [0.717, 1.165) is 31.0 Å². The van der Waals surface area contributed by atoms with Crippen molar-refractivity contribution in [2.75, 3.05) is 13.1 Å². The molecule has 0 bridgehead atoms. The highest BCUT2D eigenvalue weighted by atomic mass is 19.1. The van der Waals surface area contributed by atoms with Gasteiger partial charge in [-0.1, -0.05) is 51.8 Å². The minimum absolute atomic E-state index is 0.0203. The highest BCUT2D eigenvalue weighted by molar-refractivity contribution is 5.23. The summed E-state index contributed by atoms with van der Waals surface area (Å²) in [5.41, 5.74) is 0.937. The second-order valence-electron chi connectivity index (χ2n) is 7.03. The molecule has 0 radical (unpaired) electrons. The molecule has 1 aromatic rings. The van der Waals surface area contributed by atoms with Gasteiger partial charge in [-0.05, 0) is 61.2 Å². The van der Waals surface area contributed by atoms with Gasteiger partial charge in [-0.25, -0.2) is 4.39 Å². The van der Waals surface area contributed by atoms with Gasteiger partial charge < -0.3 is 5.32 Å². The van der Waals surface area contributed by atoms with Gasteiger partial charge in [-0.2, -0.15) is 0 Å². The van der Waals surface area contributed by atoms with Crippen molar-refractivity contribution in [1.29, 1.82) is 0 Å². The fraction of sp³-hybridized carbons (Fsp3) is 0.684. The van der Waals surface area contributed by atoms with Crippen LogP contribution in [0.5, 0.6) is 0 Å². The van der Waals surface area contributed by atoms with E-state index in [1.165, 1.54) is 19.3 Å².